The zero-order valence-corrected chi connectivity index (χ0v) is 11.0. The molecule has 0 fully saturated rings. The molecular formula is C14H29NaO2. The number of carboxylic acids is 1. The number of hydrogen-bond acceptors (Lipinski definition) is 1. The predicted molar refractivity (Wildman–Crippen MR) is 75.8 cm³/mol. The van der Waals surface area contributed by atoms with Crippen LogP contribution in [0, 0.1) is 5.92 Å². The third-order valence-corrected chi connectivity index (χ3v) is 3.16. The molecule has 0 aliphatic rings. The average molecular weight is 252 g/mol. The van der Waals surface area contributed by atoms with Crippen LogP contribution in [0.5, 0.6) is 0 Å². The number of hydrogen-bond donors (Lipinski definition) is 1. The second-order valence-corrected chi connectivity index (χ2v) is 4.86. The predicted octanol–water partition coefficient (Wildman–Crippen LogP) is 3.98. The number of unbranched alkanes of at least 4 members (excludes halogenated alkanes) is 8. The van der Waals surface area contributed by atoms with Gasteiger partial charge in [0.2, 0.25) is 0 Å². The van der Waals surface area contributed by atoms with Gasteiger partial charge in [-0.15, -0.1) is 0 Å². The molecule has 0 amide bonds. The van der Waals surface area contributed by atoms with Crippen LogP contribution >= 0.6 is 0 Å². The molecule has 1 N–H and O–H groups in total. The fourth-order valence-electron chi connectivity index (χ4n) is 1.88. The van der Waals surface area contributed by atoms with Crippen molar-refractivity contribution in [2.24, 2.45) is 5.92 Å². The van der Waals surface area contributed by atoms with Crippen molar-refractivity contribution in [3.63, 3.8) is 0 Å². The number of carbonyl (C=O) groups is 1. The van der Waals surface area contributed by atoms with Crippen LogP contribution in [0.25, 0.3) is 0 Å². The molecule has 0 aliphatic carbocycles. The second kappa shape index (κ2) is 14.5. The van der Waals surface area contributed by atoms with Gasteiger partial charge in [-0.25, -0.2) is 0 Å². The van der Waals surface area contributed by atoms with Crippen molar-refractivity contribution >= 4 is 35.5 Å². The molecule has 0 spiro atoms. The van der Waals surface area contributed by atoms with Gasteiger partial charge in [0.15, 0.2) is 0 Å². The molecule has 1 unspecified atom stereocenters. The van der Waals surface area contributed by atoms with Gasteiger partial charge in [-0.2, -0.15) is 0 Å². The van der Waals surface area contributed by atoms with Crippen LogP contribution < -0.4 is 0 Å². The molecule has 98 valence electrons. The molecular weight excluding hydrogens is 223 g/mol. The number of rotatable bonds is 11. The van der Waals surface area contributed by atoms with Gasteiger partial charge >= 0.3 is 35.5 Å². The van der Waals surface area contributed by atoms with Crippen LogP contribution in [-0.2, 0) is 4.79 Å². The third kappa shape index (κ3) is 14.4. The Balaban J connectivity index is 0. The summed E-state index contributed by atoms with van der Waals surface area (Å²) in [5.74, 6) is -0.816. The van der Waals surface area contributed by atoms with Crippen molar-refractivity contribution in [2.45, 2.75) is 78.1 Å². The number of aliphatic carboxylic acids is 1. The van der Waals surface area contributed by atoms with Gasteiger partial charge in [0.05, 0.1) is 5.92 Å². The van der Waals surface area contributed by atoms with E-state index >= 15 is 0 Å². The molecule has 0 bridgehead atoms. The van der Waals surface area contributed by atoms with Gasteiger partial charge in [0.25, 0.3) is 0 Å². The van der Waals surface area contributed by atoms with E-state index in [1.807, 2.05) is 0 Å². The van der Waals surface area contributed by atoms with E-state index in [0.29, 0.717) is 0 Å². The zero-order valence-electron chi connectivity index (χ0n) is 11.0. The molecule has 0 rings (SSSR count). The van der Waals surface area contributed by atoms with Crippen LogP contribution in [0.15, 0.2) is 0 Å². The molecule has 0 saturated carbocycles. The Morgan fingerprint density at radius 3 is 1.76 bits per heavy atom. The summed E-state index contributed by atoms with van der Waals surface area (Å²) in [4.78, 5) is 10.6. The van der Waals surface area contributed by atoms with Gasteiger partial charge in [0, 0.05) is 0 Å². The zero-order chi connectivity index (χ0) is 12.2. The Hall–Kier alpha value is 0.470. The summed E-state index contributed by atoms with van der Waals surface area (Å²) < 4.78 is 0. The Labute approximate surface area is 129 Å². The Morgan fingerprint density at radius 2 is 1.35 bits per heavy atom. The molecule has 0 radical (unpaired) electrons. The van der Waals surface area contributed by atoms with Crippen LogP contribution in [0.4, 0.5) is 0 Å². The van der Waals surface area contributed by atoms with Crippen molar-refractivity contribution in [1.82, 2.24) is 0 Å². The minimum absolute atomic E-state index is 0. The first kappa shape index (κ1) is 19.8. The standard InChI is InChI=1S/C14H28O2.Na.H/c1-3-4-5-6-7-8-9-10-11-12-13(2)14(15)16;;/h13H,3-12H2,1-2H3,(H,15,16);;. The van der Waals surface area contributed by atoms with Gasteiger partial charge < -0.3 is 5.11 Å². The van der Waals surface area contributed by atoms with E-state index in [1.165, 1.54) is 51.4 Å². The van der Waals surface area contributed by atoms with E-state index in [1.54, 1.807) is 6.92 Å². The topological polar surface area (TPSA) is 37.3 Å². The first-order valence-electron chi connectivity index (χ1n) is 6.91. The summed E-state index contributed by atoms with van der Waals surface area (Å²) in [7, 11) is 0. The quantitative estimate of drug-likeness (QED) is 0.446. The average Bonchev–Trinajstić information content (AvgIpc) is 2.26. The van der Waals surface area contributed by atoms with Gasteiger partial charge in [-0.3, -0.25) is 4.79 Å². The van der Waals surface area contributed by atoms with Crippen LogP contribution in [0.2, 0.25) is 0 Å². The summed E-state index contributed by atoms with van der Waals surface area (Å²) in [6, 6.07) is 0. The summed E-state index contributed by atoms with van der Waals surface area (Å²) in [6.45, 7) is 4.04. The van der Waals surface area contributed by atoms with Crippen LogP contribution in [-0.4, -0.2) is 40.6 Å². The van der Waals surface area contributed by atoms with E-state index in [-0.39, 0.29) is 35.5 Å². The molecule has 0 heterocycles. The molecule has 17 heavy (non-hydrogen) atoms. The van der Waals surface area contributed by atoms with Crippen molar-refractivity contribution in [3.8, 4) is 0 Å². The molecule has 0 aromatic carbocycles. The van der Waals surface area contributed by atoms with E-state index in [0.717, 1.165) is 12.8 Å². The monoisotopic (exact) mass is 252 g/mol. The fourth-order valence-corrected chi connectivity index (χ4v) is 1.88. The van der Waals surface area contributed by atoms with Gasteiger partial charge in [0.1, 0.15) is 0 Å². The van der Waals surface area contributed by atoms with Gasteiger partial charge in [-0.1, -0.05) is 71.6 Å². The van der Waals surface area contributed by atoms with E-state index < -0.39 is 5.97 Å². The van der Waals surface area contributed by atoms with Crippen LogP contribution in [0.1, 0.15) is 78.1 Å². The SMILES string of the molecule is CCCCCCCCCCCC(C)C(=O)O.[NaH]. The molecule has 0 aromatic heterocycles. The molecule has 0 saturated heterocycles. The van der Waals surface area contributed by atoms with E-state index in [2.05, 4.69) is 6.92 Å². The third-order valence-electron chi connectivity index (χ3n) is 3.16. The Kier molecular flexibility index (Phi) is 16.9. The van der Waals surface area contributed by atoms with Crippen molar-refractivity contribution in [2.75, 3.05) is 0 Å². The van der Waals surface area contributed by atoms with Crippen molar-refractivity contribution in [3.05, 3.63) is 0 Å². The van der Waals surface area contributed by atoms with Crippen molar-refractivity contribution < 1.29 is 9.90 Å². The minimum atomic E-state index is -0.653. The molecule has 0 aliphatic heterocycles. The molecule has 0 aromatic rings. The van der Waals surface area contributed by atoms with Crippen molar-refractivity contribution in [1.29, 1.82) is 0 Å². The summed E-state index contributed by atoms with van der Waals surface area (Å²) in [5, 5.41) is 8.71. The van der Waals surface area contributed by atoms with Gasteiger partial charge in [-0.05, 0) is 6.42 Å². The summed E-state index contributed by atoms with van der Waals surface area (Å²) in [5.41, 5.74) is 0. The van der Waals surface area contributed by atoms with Crippen LogP contribution in [0.3, 0.4) is 0 Å². The first-order valence-corrected chi connectivity index (χ1v) is 6.91. The Morgan fingerprint density at radius 1 is 0.941 bits per heavy atom. The maximum absolute atomic E-state index is 10.6. The normalized spacial score (nSPS) is 11.9. The Bertz CT molecular complexity index is 172. The maximum atomic E-state index is 10.6. The molecule has 3 heteroatoms. The second-order valence-electron chi connectivity index (χ2n) is 4.86. The number of carboxylic acid groups (broad SMARTS) is 1. The fraction of sp³-hybridized carbons (Fsp3) is 0.929. The van der Waals surface area contributed by atoms with E-state index in [9.17, 15) is 4.79 Å². The summed E-state index contributed by atoms with van der Waals surface area (Å²) in [6.07, 6.45) is 12.5. The molecule has 2 nitrogen and oxygen atoms in total. The van der Waals surface area contributed by atoms with E-state index in [4.69, 9.17) is 5.11 Å². The summed E-state index contributed by atoms with van der Waals surface area (Å²) >= 11 is 0. The molecule has 1 atom stereocenters. The first-order chi connectivity index (χ1) is 7.68.